The van der Waals surface area contributed by atoms with Gasteiger partial charge in [-0.15, -0.1) is 0 Å². The van der Waals surface area contributed by atoms with Gasteiger partial charge >= 0.3 is 0 Å². The summed E-state index contributed by atoms with van der Waals surface area (Å²) < 4.78 is 9.57. The van der Waals surface area contributed by atoms with Crippen molar-refractivity contribution in [2.24, 2.45) is 7.05 Å². The fourth-order valence-corrected chi connectivity index (χ4v) is 4.20. The van der Waals surface area contributed by atoms with Crippen LogP contribution in [0.5, 0.6) is 5.75 Å². The zero-order chi connectivity index (χ0) is 18.8. The monoisotopic (exact) mass is 397 g/mol. The predicted octanol–water partition coefficient (Wildman–Crippen LogP) is 5.57. The van der Waals surface area contributed by atoms with E-state index >= 15 is 0 Å². The summed E-state index contributed by atoms with van der Waals surface area (Å²) in [5.74, 6) is 1.84. The number of halogens is 1. The van der Waals surface area contributed by atoms with Gasteiger partial charge in [-0.05, 0) is 54.4 Å². The molecule has 138 valence electrons. The Kier molecular flexibility index (Phi) is 5.05. The number of pyridine rings is 1. The molecule has 0 bridgehead atoms. The van der Waals surface area contributed by atoms with Gasteiger partial charge in [0.2, 0.25) is 0 Å². The van der Waals surface area contributed by atoms with E-state index in [4.69, 9.17) is 21.3 Å². The Morgan fingerprint density at radius 1 is 1.11 bits per heavy atom. The van der Waals surface area contributed by atoms with Crippen LogP contribution in [0.15, 0.2) is 60.8 Å². The van der Waals surface area contributed by atoms with Crippen LogP contribution in [0.25, 0.3) is 21.7 Å². The number of benzene rings is 2. The van der Waals surface area contributed by atoms with Crippen LogP contribution in [0.4, 0.5) is 0 Å². The number of rotatable bonds is 4. The summed E-state index contributed by atoms with van der Waals surface area (Å²) in [6.07, 6.45) is 3.01. The van der Waals surface area contributed by atoms with Crippen molar-refractivity contribution in [1.29, 1.82) is 0 Å². The van der Waals surface area contributed by atoms with Gasteiger partial charge < -0.3 is 9.30 Å². The van der Waals surface area contributed by atoms with Crippen LogP contribution in [-0.4, -0.2) is 20.6 Å². The van der Waals surface area contributed by atoms with Crippen molar-refractivity contribution in [3.05, 3.63) is 71.4 Å². The molecule has 4 rings (SSSR count). The summed E-state index contributed by atoms with van der Waals surface area (Å²) in [5.41, 5.74) is 3.21. The van der Waals surface area contributed by atoms with Crippen molar-refractivity contribution in [2.45, 2.75) is 13.0 Å². The van der Waals surface area contributed by atoms with Gasteiger partial charge in [-0.1, -0.05) is 35.3 Å². The summed E-state index contributed by atoms with van der Waals surface area (Å²) in [7, 11) is 3.74. The molecule has 0 saturated carbocycles. The molecule has 0 fully saturated rings. The van der Waals surface area contributed by atoms with Crippen molar-refractivity contribution < 1.29 is 4.74 Å². The maximum absolute atomic E-state index is 6.21. The van der Waals surface area contributed by atoms with Crippen molar-refractivity contribution in [1.82, 2.24) is 13.5 Å². The van der Waals surface area contributed by atoms with Gasteiger partial charge in [0.05, 0.1) is 23.0 Å². The Labute approximate surface area is 167 Å². The molecule has 0 aromatic heterocycles. The molecular formula is C21H20ClN3OS. The highest BCUT2D eigenvalue weighted by atomic mass is 35.5. The van der Waals surface area contributed by atoms with Gasteiger partial charge in [0, 0.05) is 24.8 Å². The number of aryl methyl sites for hydroxylation is 3. The Hall–Kier alpha value is -2.50. The van der Waals surface area contributed by atoms with Gasteiger partial charge in [-0.2, -0.15) is 0 Å². The van der Waals surface area contributed by atoms with Crippen LogP contribution < -0.4 is 4.74 Å². The normalized spacial score (nSPS) is 11.1. The number of methoxy groups -OCH3 is 1. The van der Waals surface area contributed by atoms with E-state index in [2.05, 4.69) is 46.0 Å². The molecule has 0 unspecified atom stereocenters. The smallest absolute Gasteiger partial charge is 0.152 e. The molecule has 27 heavy (non-hydrogen) atoms. The molecule has 4 nitrogen and oxygen atoms in total. The van der Waals surface area contributed by atoms with Crippen molar-refractivity contribution >= 4 is 34.2 Å². The van der Waals surface area contributed by atoms with Crippen LogP contribution in [0.2, 0.25) is 5.02 Å². The van der Waals surface area contributed by atoms with E-state index in [-0.39, 0.29) is 0 Å². The lowest BCUT2D eigenvalue weighted by atomic mass is 10.1. The average molecular weight is 398 g/mol. The SMILES string of the molecule is COc1ccc(CCn2cccc3sn(C)c4ccc(Cl)cc4nc2-3)cc1. The molecule has 0 amide bonds. The first-order chi connectivity index (χ1) is 13.1. The quantitative estimate of drug-likeness (QED) is 0.450. The average Bonchev–Trinajstić information content (AvgIpc) is 2.82. The molecule has 6 heteroatoms. The van der Waals surface area contributed by atoms with E-state index in [1.54, 1.807) is 18.6 Å². The highest BCUT2D eigenvalue weighted by Gasteiger charge is 2.10. The fourth-order valence-electron chi connectivity index (χ4n) is 3.10. The molecule has 2 aliphatic heterocycles. The Balaban J connectivity index is 1.74. The molecule has 2 heterocycles. The molecule has 0 saturated heterocycles. The van der Waals surface area contributed by atoms with Crippen LogP contribution >= 0.6 is 23.1 Å². The molecule has 2 aromatic carbocycles. The molecular weight excluding hydrogens is 378 g/mol. The molecule has 0 atom stereocenters. The first-order valence-corrected chi connectivity index (χ1v) is 9.87. The fraction of sp³-hybridized carbons (Fsp3) is 0.190. The van der Waals surface area contributed by atoms with Gasteiger partial charge in [-0.3, -0.25) is 3.96 Å². The molecule has 2 aromatic rings. The summed E-state index contributed by atoms with van der Waals surface area (Å²) >= 11 is 7.89. The molecule has 0 spiro atoms. The van der Waals surface area contributed by atoms with Crippen LogP contribution in [0, 0.1) is 0 Å². The van der Waals surface area contributed by atoms with Gasteiger partial charge in [0.25, 0.3) is 0 Å². The van der Waals surface area contributed by atoms with Crippen molar-refractivity contribution in [3.63, 3.8) is 0 Å². The second-order valence-electron chi connectivity index (χ2n) is 6.32. The van der Waals surface area contributed by atoms with Crippen LogP contribution in [0.3, 0.4) is 0 Å². The minimum Gasteiger partial charge on any atom is -0.497 e. The summed E-state index contributed by atoms with van der Waals surface area (Å²) in [6, 6.07) is 18.2. The third-order valence-corrected chi connectivity index (χ3v) is 5.77. The number of ether oxygens (including phenoxy) is 1. The maximum atomic E-state index is 6.21. The highest BCUT2D eigenvalue weighted by molar-refractivity contribution is 7.10. The Morgan fingerprint density at radius 2 is 1.93 bits per heavy atom. The standard InChI is InChI=1S/C21H20ClN3OS/c1-24-19-10-7-16(22)14-18(19)23-21-20(27-24)4-3-12-25(21)13-11-15-5-8-17(26-2)9-6-15/h3-10,12,14H,11,13H2,1-2H3. The molecule has 0 N–H and O–H groups in total. The lowest BCUT2D eigenvalue weighted by molar-refractivity contribution is 0.414. The molecule has 2 aliphatic rings. The van der Waals surface area contributed by atoms with E-state index < -0.39 is 0 Å². The van der Waals surface area contributed by atoms with Gasteiger partial charge in [-0.25, -0.2) is 4.98 Å². The summed E-state index contributed by atoms with van der Waals surface area (Å²) in [6.45, 7) is 0.846. The van der Waals surface area contributed by atoms with E-state index in [1.807, 2.05) is 30.3 Å². The lowest BCUT2D eigenvalue weighted by Gasteiger charge is -2.12. The maximum Gasteiger partial charge on any atom is 0.152 e. The number of nitrogens with zero attached hydrogens (tertiary/aromatic N) is 3. The number of fused-ring (bicyclic) bond motifs is 2. The second-order valence-corrected chi connectivity index (χ2v) is 7.93. The van der Waals surface area contributed by atoms with Crippen LogP contribution in [0.1, 0.15) is 5.56 Å². The third-order valence-electron chi connectivity index (χ3n) is 4.54. The molecule has 0 radical (unpaired) electrons. The van der Waals surface area contributed by atoms with Gasteiger partial charge in [0.15, 0.2) is 5.82 Å². The number of hydrogen-bond donors (Lipinski definition) is 0. The Bertz CT molecular complexity index is 1090. The summed E-state index contributed by atoms with van der Waals surface area (Å²) in [4.78, 5) is 6.08. The predicted molar refractivity (Wildman–Crippen MR) is 113 cm³/mol. The topological polar surface area (TPSA) is 32.0 Å². The van der Waals surface area contributed by atoms with E-state index in [9.17, 15) is 0 Å². The van der Waals surface area contributed by atoms with Crippen molar-refractivity contribution in [3.8, 4) is 16.5 Å². The minimum atomic E-state index is 0.695. The highest BCUT2D eigenvalue weighted by Crippen LogP contribution is 2.27. The lowest BCUT2D eigenvalue weighted by Crippen LogP contribution is -2.06. The Morgan fingerprint density at radius 3 is 2.70 bits per heavy atom. The zero-order valence-electron chi connectivity index (χ0n) is 15.2. The number of hydrogen-bond acceptors (Lipinski definition) is 3. The second kappa shape index (κ2) is 7.62. The third kappa shape index (κ3) is 3.80. The first kappa shape index (κ1) is 17.9. The van der Waals surface area contributed by atoms with E-state index in [0.717, 1.165) is 40.5 Å². The largest absolute Gasteiger partial charge is 0.497 e. The van der Waals surface area contributed by atoms with E-state index in [0.29, 0.717) is 5.02 Å². The minimum absolute atomic E-state index is 0.695. The van der Waals surface area contributed by atoms with Crippen molar-refractivity contribution in [2.75, 3.05) is 7.11 Å². The summed E-state index contributed by atoms with van der Waals surface area (Å²) in [5, 5.41) is 0.695. The first-order valence-electron chi connectivity index (χ1n) is 8.72. The number of aromatic nitrogens is 3. The zero-order valence-corrected chi connectivity index (χ0v) is 16.8. The van der Waals surface area contributed by atoms with Crippen LogP contribution in [-0.2, 0) is 20.0 Å². The van der Waals surface area contributed by atoms with Gasteiger partial charge in [0.1, 0.15) is 5.75 Å². The van der Waals surface area contributed by atoms with E-state index in [1.165, 1.54) is 5.56 Å². The molecule has 0 aliphatic carbocycles.